The number of nitrogens with zero attached hydrogens (tertiary/aromatic N) is 2. The first-order valence-corrected chi connectivity index (χ1v) is 13.7. The fraction of sp³-hybridized carbons (Fsp3) is 0.621. The molecule has 2 aliphatic carbocycles. The number of aryl methyl sites for hydroxylation is 1. The van der Waals surface area contributed by atoms with Gasteiger partial charge in [-0.15, -0.1) is 0 Å². The maximum Gasteiger partial charge on any atom is 0.408 e. The topological polar surface area (TPSA) is 102 Å². The van der Waals surface area contributed by atoms with E-state index in [0.717, 1.165) is 19.3 Å². The third-order valence-corrected chi connectivity index (χ3v) is 7.53. The first-order chi connectivity index (χ1) is 18.1. The second-order valence-electron chi connectivity index (χ2n) is 13.3. The third kappa shape index (κ3) is 5.56. The largest absolute Gasteiger partial charge is 0.444 e. The minimum Gasteiger partial charge on any atom is -0.444 e. The number of aromatic nitrogens is 1. The number of carbonyl (C=O) groups is 2. The monoisotopic (exact) mass is 542 g/mol. The van der Waals surface area contributed by atoms with Gasteiger partial charge in [0.25, 0.3) is 5.56 Å². The Morgan fingerprint density at radius 1 is 1.08 bits per heavy atom. The molecule has 2 atom stereocenters. The molecule has 1 aromatic heterocycles. The lowest BCUT2D eigenvalue weighted by atomic mass is 10.0. The molecule has 39 heavy (non-hydrogen) atoms. The van der Waals surface area contributed by atoms with E-state index in [9.17, 15) is 14.4 Å². The Kier molecular flexibility index (Phi) is 6.38. The third-order valence-electron chi connectivity index (χ3n) is 7.53. The molecule has 2 amide bonds. The van der Waals surface area contributed by atoms with Gasteiger partial charge < -0.3 is 29.6 Å². The normalized spacial score (nSPS) is 22.5. The zero-order chi connectivity index (χ0) is 28.5. The van der Waals surface area contributed by atoms with Crippen molar-refractivity contribution in [2.45, 2.75) is 97.1 Å². The van der Waals surface area contributed by atoms with Gasteiger partial charge in [0.1, 0.15) is 17.0 Å². The van der Waals surface area contributed by atoms with E-state index in [1.807, 2.05) is 32.6 Å². The number of fused-ring (bicyclic) bond motifs is 2. The van der Waals surface area contributed by atoms with Gasteiger partial charge in [0, 0.05) is 43.0 Å². The SMILES string of the molecule is Cc1c(N2C[C@@H]3CC3(NC(=O)OC(C)(C)C)C2)c(F)cc2c(CNC(=O)OC(C)(C)C)cc(=O)n(C3CC3)c12. The summed E-state index contributed by atoms with van der Waals surface area (Å²) in [6.07, 6.45) is 1.54. The molecule has 5 rings (SSSR count). The smallest absolute Gasteiger partial charge is 0.408 e. The van der Waals surface area contributed by atoms with Crippen LogP contribution in [0.25, 0.3) is 10.9 Å². The van der Waals surface area contributed by atoms with Gasteiger partial charge in [0.15, 0.2) is 0 Å². The number of ether oxygens (including phenoxy) is 2. The fourth-order valence-electron chi connectivity index (χ4n) is 5.78. The van der Waals surface area contributed by atoms with Crippen molar-refractivity contribution in [1.29, 1.82) is 0 Å². The number of alkyl carbamates (subject to hydrolysis) is 2. The molecule has 1 aliphatic heterocycles. The average Bonchev–Trinajstić information content (AvgIpc) is 3.68. The van der Waals surface area contributed by atoms with E-state index in [4.69, 9.17) is 9.47 Å². The maximum absolute atomic E-state index is 15.9. The van der Waals surface area contributed by atoms with Crippen LogP contribution < -0.4 is 21.1 Å². The maximum atomic E-state index is 15.9. The number of hydrogen-bond acceptors (Lipinski definition) is 6. The Balaban J connectivity index is 1.47. The lowest BCUT2D eigenvalue weighted by molar-refractivity contribution is 0.0493. The molecule has 0 spiro atoms. The highest BCUT2D eigenvalue weighted by Gasteiger charge is 2.62. The van der Waals surface area contributed by atoms with Gasteiger partial charge in [-0.25, -0.2) is 14.0 Å². The van der Waals surface area contributed by atoms with Crippen molar-refractivity contribution >= 4 is 28.8 Å². The molecule has 3 fully saturated rings. The highest BCUT2D eigenvalue weighted by Crippen LogP contribution is 2.52. The summed E-state index contributed by atoms with van der Waals surface area (Å²) in [7, 11) is 0. The van der Waals surface area contributed by atoms with Crippen LogP contribution in [0.15, 0.2) is 16.9 Å². The lowest BCUT2D eigenvalue weighted by Gasteiger charge is -2.28. The summed E-state index contributed by atoms with van der Waals surface area (Å²) in [6, 6.07) is 3.04. The molecule has 2 saturated carbocycles. The number of nitrogens with one attached hydrogen (secondary N) is 2. The Bertz CT molecular complexity index is 1400. The van der Waals surface area contributed by atoms with Crippen LogP contribution >= 0.6 is 0 Å². The predicted molar refractivity (Wildman–Crippen MR) is 147 cm³/mol. The van der Waals surface area contributed by atoms with Crippen LogP contribution in [0.2, 0.25) is 0 Å². The summed E-state index contributed by atoms with van der Waals surface area (Å²) in [5, 5.41) is 6.33. The first kappa shape index (κ1) is 27.3. The molecule has 3 aliphatic rings. The number of amides is 2. The number of pyridine rings is 1. The highest BCUT2D eigenvalue weighted by molar-refractivity contribution is 5.91. The predicted octanol–water partition coefficient (Wildman–Crippen LogP) is 4.91. The van der Waals surface area contributed by atoms with Gasteiger partial charge in [-0.3, -0.25) is 4.79 Å². The van der Waals surface area contributed by atoms with Gasteiger partial charge in [-0.2, -0.15) is 0 Å². The Morgan fingerprint density at radius 3 is 2.33 bits per heavy atom. The van der Waals surface area contributed by atoms with Crippen molar-refractivity contribution in [3.8, 4) is 0 Å². The van der Waals surface area contributed by atoms with Crippen LogP contribution in [-0.2, 0) is 16.0 Å². The number of carbonyl (C=O) groups excluding carboxylic acids is 2. The van der Waals surface area contributed by atoms with E-state index in [1.54, 1.807) is 25.3 Å². The summed E-state index contributed by atoms with van der Waals surface area (Å²) in [4.78, 5) is 40.0. The standard InChI is InChI=1S/C29H39FN4O5/c1-16-23-20(17(10-22(35)34(23)19-8-9-19)13-31-25(36)38-27(2,3)4)11-21(30)24(16)33-14-18-12-29(18,15-33)32-26(37)39-28(5,6)7/h10-11,18-19H,8-9,12-15H2,1-7H3,(H,31,36)(H,32,37)/t18-,29?/m0/s1. The molecular formula is C29H39FN4O5. The molecule has 9 nitrogen and oxygen atoms in total. The minimum absolute atomic E-state index is 0.0408. The van der Waals surface area contributed by atoms with E-state index in [0.29, 0.717) is 40.8 Å². The quantitative estimate of drug-likeness (QED) is 0.557. The number of benzene rings is 1. The number of hydrogen-bond donors (Lipinski definition) is 2. The van der Waals surface area contributed by atoms with Gasteiger partial charge in [-0.05, 0) is 84.9 Å². The molecule has 1 unspecified atom stereocenters. The number of anilines is 1. The summed E-state index contributed by atoms with van der Waals surface area (Å²) < 4.78 is 28.4. The zero-order valence-corrected chi connectivity index (χ0v) is 23.9. The van der Waals surface area contributed by atoms with Gasteiger partial charge >= 0.3 is 12.2 Å². The molecule has 2 N–H and O–H groups in total. The van der Waals surface area contributed by atoms with Crippen molar-refractivity contribution in [2.75, 3.05) is 18.0 Å². The zero-order valence-electron chi connectivity index (χ0n) is 23.9. The Hall–Kier alpha value is -3.30. The van der Waals surface area contributed by atoms with E-state index in [2.05, 4.69) is 10.6 Å². The Labute approximate surface area is 228 Å². The van der Waals surface area contributed by atoms with Crippen LogP contribution in [0.4, 0.5) is 19.7 Å². The van der Waals surface area contributed by atoms with Crippen LogP contribution in [0, 0.1) is 18.7 Å². The number of halogens is 1. The number of rotatable bonds is 5. The van der Waals surface area contributed by atoms with Crippen molar-refractivity contribution < 1.29 is 23.5 Å². The molecule has 10 heteroatoms. The molecule has 1 saturated heterocycles. The molecular weight excluding hydrogens is 503 g/mol. The van der Waals surface area contributed by atoms with Crippen molar-refractivity contribution in [2.24, 2.45) is 5.92 Å². The van der Waals surface area contributed by atoms with Gasteiger partial charge in [-0.1, -0.05) is 0 Å². The molecule has 1 aromatic carbocycles. The van der Waals surface area contributed by atoms with E-state index >= 15 is 4.39 Å². The fourth-order valence-corrected chi connectivity index (χ4v) is 5.78. The van der Waals surface area contributed by atoms with Crippen LogP contribution in [-0.4, -0.2) is 46.6 Å². The van der Waals surface area contributed by atoms with Crippen LogP contribution in [0.3, 0.4) is 0 Å². The van der Waals surface area contributed by atoms with E-state index in [-0.39, 0.29) is 24.1 Å². The first-order valence-electron chi connectivity index (χ1n) is 13.7. The molecule has 0 bridgehead atoms. The van der Waals surface area contributed by atoms with Crippen molar-refractivity contribution in [1.82, 2.24) is 15.2 Å². The summed E-state index contributed by atoms with van der Waals surface area (Å²) >= 11 is 0. The molecule has 2 aromatic rings. The molecule has 2 heterocycles. The summed E-state index contributed by atoms with van der Waals surface area (Å²) in [5.41, 5.74) is 0.492. The second kappa shape index (κ2) is 9.13. The molecule has 212 valence electrons. The summed E-state index contributed by atoms with van der Waals surface area (Å²) in [6.45, 7) is 13.7. The van der Waals surface area contributed by atoms with Crippen molar-refractivity contribution in [3.63, 3.8) is 0 Å². The molecule has 0 radical (unpaired) electrons. The van der Waals surface area contributed by atoms with Crippen LogP contribution in [0.5, 0.6) is 0 Å². The van der Waals surface area contributed by atoms with Crippen LogP contribution in [0.1, 0.15) is 78.0 Å². The van der Waals surface area contributed by atoms with Crippen molar-refractivity contribution in [3.05, 3.63) is 39.4 Å². The Morgan fingerprint density at radius 2 is 1.72 bits per heavy atom. The van der Waals surface area contributed by atoms with E-state index < -0.39 is 34.7 Å². The van der Waals surface area contributed by atoms with Gasteiger partial charge in [0.2, 0.25) is 0 Å². The van der Waals surface area contributed by atoms with Gasteiger partial charge in [0.05, 0.1) is 16.7 Å². The minimum atomic E-state index is -0.661. The highest BCUT2D eigenvalue weighted by atomic mass is 19.1. The summed E-state index contributed by atoms with van der Waals surface area (Å²) in [5.74, 6) is -0.192. The lowest BCUT2D eigenvalue weighted by Crippen LogP contribution is -2.44. The second-order valence-corrected chi connectivity index (χ2v) is 13.3. The van der Waals surface area contributed by atoms with E-state index in [1.165, 1.54) is 12.1 Å². The average molecular weight is 543 g/mol. The number of piperidine rings is 1.